The molecule has 146 valence electrons. The molecule has 4 rings (SSSR count). The lowest BCUT2D eigenvalue weighted by atomic mass is 10.2. The monoisotopic (exact) mass is 390 g/mol. The van der Waals surface area contributed by atoms with Crippen LogP contribution in [-0.2, 0) is 0 Å². The van der Waals surface area contributed by atoms with Gasteiger partial charge >= 0.3 is 6.18 Å². The largest absolute Gasteiger partial charge is 0.408 e. The van der Waals surface area contributed by atoms with Crippen LogP contribution in [0.3, 0.4) is 0 Å². The highest BCUT2D eigenvalue weighted by molar-refractivity contribution is 6.08. The molecule has 1 fully saturated rings. The number of nitrogens with zero attached hydrogens (tertiary/aromatic N) is 5. The van der Waals surface area contributed by atoms with Gasteiger partial charge in [-0.15, -0.1) is 0 Å². The quantitative estimate of drug-likeness (QED) is 0.743. The molecule has 1 atom stereocenters. The third kappa shape index (κ3) is 3.25. The van der Waals surface area contributed by atoms with Crippen molar-refractivity contribution >= 4 is 23.2 Å². The van der Waals surface area contributed by atoms with Crippen LogP contribution in [-0.4, -0.2) is 44.3 Å². The van der Waals surface area contributed by atoms with Gasteiger partial charge < -0.3 is 10.2 Å². The van der Waals surface area contributed by atoms with Crippen LogP contribution in [0.15, 0.2) is 36.7 Å². The predicted octanol–water partition coefficient (Wildman–Crippen LogP) is 3.22. The molecular formula is C18H17F3N6O. The molecule has 0 radical (unpaired) electrons. The highest BCUT2D eigenvalue weighted by Gasteiger charge is 2.46. The topological polar surface area (TPSA) is 75.4 Å². The summed E-state index contributed by atoms with van der Waals surface area (Å²) < 4.78 is 41.3. The Balaban J connectivity index is 1.71. The van der Waals surface area contributed by atoms with E-state index in [4.69, 9.17) is 0 Å². The number of nitrogens with one attached hydrogen (secondary N) is 1. The standard InChI is InChI=1S/C18H17F3N6O/c1-11-15(17(28)23-13-6-2-3-8-22-13)16-24-14(7-10-27(16)25-11)26-9-4-5-12(26)18(19,20)21/h2-3,6-8,10,12H,4-5,9H2,1H3,(H,22,23,28). The summed E-state index contributed by atoms with van der Waals surface area (Å²) >= 11 is 0. The van der Waals surface area contributed by atoms with Gasteiger partial charge in [0.1, 0.15) is 23.2 Å². The number of anilines is 2. The van der Waals surface area contributed by atoms with Crippen LogP contribution >= 0.6 is 0 Å². The third-order valence-electron chi connectivity index (χ3n) is 4.70. The summed E-state index contributed by atoms with van der Waals surface area (Å²) in [6, 6.07) is 5.00. The molecule has 1 unspecified atom stereocenters. The van der Waals surface area contributed by atoms with Crippen LogP contribution in [0.5, 0.6) is 0 Å². The lowest BCUT2D eigenvalue weighted by molar-refractivity contribution is -0.146. The molecule has 7 nitrogen and oxygen atoms in total. The van der Waals surface area contributed by atoms with Gasteiger partial charge in [0.25, 0.3) is 5.91 Å². The van der Waals surface area contributed by atoms with Gasteiger partial charge in [0.2, 0.25) is 0 Å². The number of rotatable bonds is 3. The molecule has 1 aliphatic rings. The lowest BCUT2D eigenvalue weighted by Crippen LogP contribution is -2.41. The van der Waals surface area contributed by atoms with Gasteiger partial charge in [-0.25, -0.2) is 14.5 Å². The molecule has 1 N–H and O–H groups in total. The van der Waals surface area contributed by atoms with E-state index in [0.29, 0.717) is 17.9 Å². The molecule has 28 heavy (non-hydrogen) atoms. The Bertz CT molecular complexity index is 1020. The molecule has 3 aromatic rings. The average Bonchev–Trinajstić information content (AvgIpc) is 3.25. The Morgan fingerprint density at radius 3 is 2.82 bits per heavy atom. The third-order valence-corrected chi connectivity index (χ3v) is 4.70. The summed E-state index contributed by atoms with van der Waals surface area (Å²) in [6.45, 7) is 1.91. The number of hydrogen-bond donors (Lipinski definition) is 1. The second-order valence-electron chi connectivity index (χ2n) is 6.58. The summed E-state index contributed by atoms with van der Waals surface area (Å²) in [5, 5.41) is 6.91. The van der Waals surface area contributed by atoms with E-state index in [1.165, 1.54) is 21.7 Å². The maximum Gasteiger partial charge on any atom is 0.408 e. The van der Waals surface area contributed by atoms with E-state index < -0.39 is 18.1 Å². The number of alkyl halides is 3. The van der Waals surface area contributed by atoms with E-state index in [9.17, 15) is 18.0 Å². The van der Waals surface area contributed by atoms with Crippen molar-refractivity contribution in [2.45, 2.75) is 32.0 Å². The molecule has 0 aromatic carbocycles. The highest BCUT2D eigenvalue weighted by atomic mass is 19.4. The van der Waals surface area contributed by atoms with Gasteiger partial charge in [0.15, 0.2) is 5.65 Å². The zero-order valence-corrected chi connectivity index (χ0v) is 14.9. The molecule has 0 saturated carbocycles. The number of pyridine rings is 1. The molecule has 0 spiro atoms. The van der Waals surface area contributed by atoms with Gasteiger partial charge in [-0.2, -0.15) is 18.3 Å². The van der Waals surface area contributed by atoms with Gasteiger partial charge in [0, 0.05) is 18.9 Å². The Morgan fingerprint density at radius 1 is 1.29 bits per heavy atom. The minimum Gasteiger partial charge on any atom is -0.344 e. The average molecular weight is 390 g/mol. The summed E-state index contributed by atoms with van der Waals surface area (Å²) in [4.78, 5) is 22.4. The Kier molecular flexibility index (Phi) is 4.40. The van der Waals surface area contributed by atoms with E-state index in [0.717, 1.165) is 0 Å². The van der Waals surface area contributed by atoms with E-state index >= 15 is 0 Å². The number of halogens is 3. The normalized spacial score (nSPS) is 17.3. The predicted molar refractivity (Wildman–Crippen MR) is 96.3 cm³/mol. The highest BCUT2D eigenvalue weighted by Crippen LogP contribution is 2.35. The van der Waals surface area contributed by atoms with Crippen molar-refractivity contribution in [3.63, 3.8) is 0 Å². The summed E-state index contributed by atoms with van der Waals surface area (Å²) in [5.41, 5.74) is 0.832. The first-order valence-corrected chi connectivity index (χ1v) is 8.76. The first-order chi connectivity index (χ1) is 13.3. The SMILES string of the molecule is Cc1nn2ccc(N3CCCC3C(F)(F)F)nc2c1C(=O)Nc1ccccn1. The number of fused-ring (bicyclic) bond motifs is 1. The minimum atomic E-state index is -4.33. The van der Waals surface area contributed by atoms with E-state index in [1.54, 1.807) is 31.3 Å². The molecule has 1 aliphatic heterocycles. The second-order valence-corrected chi connectivity index (χ2v) is 6.58. The van der Waals surface area contributed by atoms with Crippen molar-refractivity contribution < 1.29 is 18.0 Å². The Morgan fingerprint density at radius 2 is 2.11 bits per heavy atom. The molecule has 10 heteroatoms. The van der Waals surface area contributed by atoms with Crippen LogP contribution in [0, 0.1) is 6.92 Å². The summed E-state index contributed by atoms with van der Waals surface area (Å²) in [7, 11) is 0. The molecular weight excluding hydrogens is 373 g/mol. The summed E-state index contributed by atoms with van der Waals surface area (Å²) in [6.07, 6.45) is -0.808. The minimum absolute atomic E-state index is 0.0294. The number of carbonyl (C=O) groups excluding carboxylic acids is 1. The maximum absolute atomic E-state index is 13.3. The van der Waals surface area contributed by atoms with Crippen molar-refractivity contribution in [2.24, 2.45) is 0 Å². The van der Waals surface area contributed by atoms with Crippen LogP contribution in [0.2, 0.25) is 0 Å². The number of aryl methyl sites for hydroxylation is 1. The van der Waals surface area contributed by atoms with Gasteiger partial charge in [-0.1, -0.05) is 6.07 Å². The lowest BCUT2D eigenvalue weighted by Gasteiger charge is -2.27. The zero-order valence-electron chi connectivity index (χ0n) is 14.9. The van der Waals surface area contributed by atoms with Gasteiger partial charge in [0.05, 0.1) is 5.69 Å². The fourth-order valence-electron chi connectivity index (χ4n) is 3.45. The zero-order chi connectivity index (χ0) is 19.9. The molecule has 0 bridgehead atoms. The van der Waals surface area contributed by atoms with Crippen molar-refractivity contribution in [3.8, 4) is 0 Å². The van der Waals surface area contributed by atoms with E-state index in [2.05, 4.69) is 20.4 Å². The number of carbonyl (C=O) groups is 1. The van der Waals surface area contributed by atoms with Crippen LogP contribution in [0.4, 0.5) is 24.8 Å². The Hall–Kier alpha value is -3.17. The van der Waals surface area contributed by atoms with Crippen molar-refractivity contribution in [1.29, 1.82) is 0 Å². The molecule has 4 heterocycles. The van der Waals surface area contributed by atoms with Gasteiger partial charge in [-0.05, 0) is 38.0 Å². The van der Waals surface area contributed by atoms with Crippen molar-refractivity contribution in [3.05, 3.63) is 47.9 Å². The number of aromatic nitrogens is 4. The Labute approximate surface area is 158 Å². The number of hydrogen-bond acceptors (Lipinski definition) is 5. The van der Waals surface area contributed by atoms with E-state index in [1.807, 2.05) is 0 Å². The number of amides is 1. The fraction of sp³-hybridized carbons (Fsp3) is 0.333. The van der Waals surface area contributed by atoms with Crippen molar-refractivity contribution in [1.82, 2.24) is 19.6 Å². The molecule has 3 aromatic heterocycles. The van der Waals surface area contributed by atoms with Crippen LogP contribution in [0.1, 0.15) is 28.9 Å². The van der Waals surface area contributed by atoms with Crippen LogP contribution < -0.4 is 10.2 Å². The van der Waals surface area contributed by atoms with E-state index in [-0.39, 0.29) is 30.0 Å². The second kappa shape index (κ2) is 6.77. The first kappa shape index (κ1) is 18.2. The molecule has 1 amide bonds. The van der Waals surface area contributed by atoms with Crippen LogP contribution in [0.25, 0.3) is 5.65 Å². The summed E-state index contributed by atoms with van der Waals surface area (Å²) in [5.74, 6) is 0.0721. The molecule has 1 saturated heterocycles. The van der Waals surface area contributed by atoms with Crippen molar-refractivity contribution in [2.75, 3.05) is 16.8 Å². The smallest absolute Gasteiger partial charge is 0.344 e. The fourth-order valence-corrected chi connectivity index (χ4v) is 3.45. The van der Waals surface area contributed by atoms with Gasteiger partial charge in [-0.3, -0.25) is 4.79 Å². The molecule has 0 aliphatic carbocycles. The maximum atomic E-state index is 13.3. The first-order valence-electron chi connectivity index (χ1n) is 8.76.